The first-order valence-electron chi connectivity index (χ1n) is 3.09. The summed E-state index contributed by atoms with van der Waals surface area (Å²) in [6, 6.07) is 0. The Balaban J connectivity index is 0. The van der Waals surface area contributed by atoms with Crippen molar-refractivity contribution in [2.24, 2.45) is 0 Å². The number of rotatable bonds is 2. The van der Waals surface area contributed by atoms with E-state index in [4.69, 9.17) is 15.3 Å². The van der Waals surface area contributed by atoms with Crippen molar-refractivity contribution in [1.29, 1.82) is 0 Å². The predicted octanol–water partition coefficient (Wildman–Crippen LogP) is 0.00660. The molecule has 0 aliphatic heterocycles. The second-order valence-electron chi connectivity index (χ2n) is 2.12. The van der Waals surface area contributed by atoms with Gasteiger partial charge >= 0.3 is 5.97 Å². The molecule has 0 rings (SSSR count). The summed E-state index contributed by atoms with van der Waals surface area (Å²) >= 11 is 0. The molecule has 0 aromatic carbocycles. The second kappa shape index (κ2) is 7.24. The normalized spacial score (nSPS) is 10.9. The van der Waals surface area contributed by atoms with E-state index in [2.05, 4.69) is 6.58 Å². The quantitative estimate of drug-likeness (QED) is 0.500. The molecule has 1 unspecified atom stereocenters. The number of carbonyl (C=O) groups is 1. The lowest BCUT2D eigenvalue weighted by Gasteiger charge is -1.90. The van der Waals surface area contributed by atoms with Crippen LogP contribution >= 0.6 is 0 Å². The molecule has 0 saturated heterocycles. The van der Waals surface area contributed by atoms with Crippen LogP contribution < -0.4 is 0 Å². The highest BCUT2D eigenvalue weighted by Gasteiger charge is 1.90. The molecule has 0 bridgehead atoms. The van der Waals surface area contributed by atoms with Gasteiger partial charge in [-0.1, -0.05) is 6.58 Å². The van der Waals surface area contributed by atoms with E-state index >= 15 is 0 Å². The molecule has 0 heterocycles. The Morgan fingerprint density at radius 3 is 1.82 bits per heavy atom. The Kier molecular flexibility index (Phi) is 8.41. The maximum atomic E-state index is 9.60. The second-order valence-corrected chi connectivity index (χ2v) is 2.12. The average molecular weight is 162 g/mol. The molecular weight excluding hydrogens is 148 g/mol. The predicted molar refractivity (Wildman–Crippen MR) is 41.2 cm³/mol. The van der Waals surface area contributed by atoms with Gasteiger partial charge in [0.2, 0.25) is 0 Å². The van der Waals surface area contributed by atoms with Gasteiger partial charge in [0, 0.05) is 5.57 Å². The number of hydrogen-bond donors (Lipinski definition) is 3. The molecular formula is C7H14O4. The van der Waals surface area contributed by atoms with Crippen LogP contribution in [0.2, 0.25) is 0 Å². The first kappa shape index (κ1) is 12.8. The fourth-order valence-corrected chi connectivity index (χ4v) is 0. The van der Waals surface area contributed by atoms with Crippen LogP contribution in [0.1, 0.15) is 13.8 Å². The monoisotopic (exact) mass is 162 g/mol. The molecule has 4 heteroatoms. The molecule has 11 heavy (non-hydrogen) atoms. The summed E-state index contributed by atoms with van der Waals surface area (Å²) in [5, 5.41) is 23.9. The van der Waals surface area contributed by atoms with Crippen LogP contribution in [-0.4, -0.2) is 34.0 Å². The third kappa shape index (κ3) is 17.6. The van der Waals surface area contributed by atoms with Crippen molar-refractivity contribution in [2.75, 3.05) is 6.61 Å². The summed E-state index contributed by atoms with van der Waals surface area (Å²) in [6.07, 6.45) is -0.560. The fourth-order valence-electron chi connectivity index (χ4n) is 0. The van der Waals surface area contributed by atoms with Gasteiger partial charge in [-0.15, -0.1) is 0 Å². The first-order chi connectivity index (χ1) is 4.91. The lowest BCUT2D eigenvalue weighted by atomic mass is 10.4. The summed E-state index contributed by atoms with van der Waals surface area (Å²) in [5.74, 6) is -0.935. The van der Waals surface area contributed by atoms with Crippen LogP contribution in [0.25, 0.3) is 0 Å². The van der Waals surface area contributed by atoms with Crippen molar-refractivity contribution in [3.8, 4) is 0 Å². The van der Waals surface area contributed by atoms with Gasteiger partial charge in [-0.3, -0.25) is 0 Å². The minimum atomic E-state index is -0.935. The van der Waals surface area contributed by atoms with Crippen LogP contribution in [0.3, 0.4) is 0 Å². The van der Waals surface area contributed by atoms with Gasteiger partial charge in [0.15, 0.2) is 0 Å². The first-order valence-corrected chi connectivity index (χ1v) is 3.09. The maximum Gasteiger partial charge on any atom is 0.330 e. The summed E-state index contributed by atoms with van der Waals surface area (Å²) in [7, 11) is 0. The summed E-state index contributed by atoms with van der Waals surface area (Å²) < 4.78 is 0. The van der Waals surface area contributed by atoms with E-state index in [-0.39, 0.29) is 12.2 Å². The molecule has 3 N–H and O–H groups in total. The SMILES string of the molecule is C=C(C)C(=O)O.CC(O)CO. The lowest BCUT2D eigenvalue weighted by Crippen LogP contribution is -2.03. The molecule has 0 radical (unpaired) electrons. The van der Waals surface area contributed by atoms with Crippen molar-refractivity contribution in [3.05, 3.63) is 12.2 Å². The number of carboxylic acid groups (broad SMARTS) is 1. The van der Waals surface area contributed by atoms with E-state index in [0.717, 1.165) is 0 Å². The topological polar surface area (TPSA) is 77.8 Å². The third-order valence-corrected chi connectivity index (χ3v) is 0.629. The molecule has 0 amide bonds. The minimum absolute atomic E-state index is 0.139. The van der Waals surface area contributed by atoms with E-state index in [1.165, 1.54) is 13.8 Å². The van der Waals surface area contributed by atoms with Gasteiger partial charge in [-0.2, -0.15) is 0 Å². The van der Waals surface area contributed by atoms with Crippen LogP contribution in [-0.2, 0) is 4.79 Å². The van der Waals surface area contributed by atoms with E-state index in [9.17, 15) is 4.79 Å². The van der Waals surface area contributed by atoms with Crippen LogP contribution in [0.15, 0.2) is 12.2 Å². The number of aliphatic carboxylic acids is 1. The largest absolute Gasteiger partial charge is 0.478 e. The summed E-state index contributed by atoms with van der Waals surface area (Å²) in [4.78, 5) is 9.60. The molecule has 66 valence electrons. The lowest BCUT2D eigenvalue weighted by molar-refractivity contribution is -0.132. The van der Waals surface area contributed by atoms with E-state index < -0.39 is 12.1 Å². The summed E-state index contributed by atoms with van der Waals surface area (Å²) in [5.41, 5.74) is 0.176. The number of carboxylic acids is 1. The number of hydrogen-bond acceptors (Lipinski definition) is 3. The van der Waals surface area contributed by atoms with E-state index in [1.807, 2.05) is 0 Å². The number of aliphatic hydroxyl groups excluding tert-OH is 2. The van der Waals surface area contributed by atoms with Crippen molar-refractivity contribution in [2.45, 2.75) is 20.0 Å². The molecule has 0 saturated carbocycles. The highest BCUT2D eigenvalue weighted by Crippen LogP contribution is 1.81. The molecule has 0 aromatic rings. The zero-order valence-electron chi connectivity index (χ0n) is 6.74. The Morgan fingerprint density at radius 2 is 1.82 bits per heavy atom. The van der Waals surface area contributed by atoms with Gasteiger partial charge in [-0.05, 0) is 13.8 Å². The Morgan fingerprint density at radius 1 is 1.64 bits per heavy atom. The fraction of sp³-hybridized carbons (Fsp3) is 0.571. The Hall–Kier alpha value is -0.870. The zero-order chi connectivity index (χ0) is 9.44. The standard InChI is InChI=1S/C4H6O2.C3H8O2/c1-3(2)4(5)6;1-3(5)2-4/h1H2,2H3,(H,5,6);3-5H,2H2,1H3. The van der Waals surface area contributed by atoms with Gasteiger partial charge in [-0.25, -0.2) is 4.79 Å². The van der Waals surface area contributed by atoms with Crippen molar-refractivity contribution >= 4 is 5.97 Å². The summed E-state index contributed by atoms with van der Waals surface area (Å²) in [6.45, 7) is 5.99. The number of aliphatic hydroxyl groups is 2. The highest BCUT2D eigenvalue weighted by molar-refractivity contribution is 5.84. The van der Waals surface area contributed by atoms with Crippen LogP contribution in [0, 0.1) is 0 Å². The van der Waals surface area contributed by atoms with Crippen LogP contribution in [0.4, 0.5) is 0 Å². The van der Waals surface area contributed by atoms with Gasteiger partial charge in [0.25, 0.3) is 0 Å². The molecule has 1 atom stereocenters. The molecule has 0 spiro atoms. The maximum absolute atomic E-state index is 9.60. The van der Waals surface area contributed by atoms with Crippen molar-refractivity contribution in [3.63, 3.8) is 0 Å². The molecule has 0 fully saturated rings. The minimum Gasteiger partial charge on any atom is -0.478 e. The van der Waals surface area contributed by atoms with E-state index in [1.54, 1.807) is 0 Å². The Bertz CT molecular complexity index is 116. The van der Waals surface area contributed by atoms with Gasteiger partial charge in [0.1, 0.15) is 0 Å². The average Bonchev–Trinajstić information content (AvgIpc) is 1.89. The smallest absolute Gasteiger partial charge is 0.330 e. The van der Waals surface area contributed by atoms with Crippen LogP contribution in [0.5, 0.6) is 0 Å². The highest BCUT2D eigenvalue weighted by atomic mass is 16.4. The van der Waals surface area contributed by atoms with Crippen molar-refractivity contribution in [1.82, 2.24) is 0 Å². The third-order valence-electron chi connectivity index (χ3n) is 0.629. The van der Waals surface area contributed by atoms with Crippen molar-refractivity contribution < 1.29 is 20.1 Å². The zero-order valence-corrected chi connectivity index (χ0v) is 6.74. The molecule has 0 aromatic heterocycles. The van der Waals surface area contributed by atoms with E-state index in [0.29, 0.717) is 0 Å². The molecule has 4 nitrogen and oxygen atoms in total. The molecule has 0 aliphatic rings. The van der Waals surface area contributed by atoms with Gasteiger partial charge < -0.3 is 15.3 Å². The Labute approximate surface area is 65.8 Å². The molecule has 0 aliphatic carbocycles. The van der Waals surface area contributed by atoms with Gasteiger partial charge in [0.05, 0.1) is 12.7 Å².